The molecule has 8 nitrogen and oxygen atoms in total. The van der Waals surface area contributed by atoms with E-state index in [4.69, 9.17) is 4.74 Å². The summed E-state index contributed by atoms with van der Waals surface area (Å²) in [6, 6.07) is 31.7. The fraction of sp³-hybridized carbons (Fsp3) is 0.257. The molecule has 4 aromatic rings. The van der Waals surface area contributed by atoms with Gasteiger partial charge in [0.05, 0.1) is 11.9 Å². The summed E-state index contributed by atoms with van der Waals surface area (Å²) in [4.78, 5) is 29.6. The molecule has 0 fully saturated rings. The second-order valence-corrected chi connectivity index (χ2v) is 14.6. The van der Waals surface area contributed by atoms with Gasteiger partial charge in [-0.15, -0.1) is 0 Å². The Balaban J connectivity index is 1.69. The molecule has 45 heavy (non-hydrogen) atoms. The Hall–Kier alpha value is -4.15. The fourth-order valence-corrected chi connectivity index (χ4v) is 6.05. The Morgan fingerprint density at radius 2 is 1.40 bits per heavy atom. The lowest BCUT2D eigenvalue weighted by Crippen LogP contribution is -2.56. The Morgan fingerprint density at radius 3 is 1.98 bits per heavy atom. The fourth-order valence-electron chi connectivity index (χ4n) is 4.76. The number of ether oxygens (including phenoxy) is 1. The van der Waals surface area contributed by atoms with Crippen molar-refractivity contribution in [1.82, 2.24) is 10.2 Å². The number of sulfonamides is 1. The van der Waals surface area contributed by atoms with E-state index in [2.05, 4.69) is 21.2 Å². The topological polar surface area (TPSA) is 96.0 Å². The van der Waals surface area contributed by atoms with Crippen molar-refractivity contribution < 1.29 is 22.7 Å². The second-order valence-electron chi connectivity index (χ2n) is 11.8. The summed E-state index contributed by atoms with van der Waals surface area (Å²) in [6.07, 6.45) is 1.30. The molecule has 0 saturated heterocycles. The number of amides is 2. The number of hydrogen-bond donors (Lipinski definition) is 1. The van der Waals surface area contributed by atoms with E-state index >= 15 is 0 Å². The molecule has 2 amide bonds. The highest BCUT2D eigenvalue weighted by Gasteiger charge is 2.34. The number of benzene rings is 4. The number of nitrogens with zero attached hydrogens (tertiary/aromatic N) is 2. The zero-order chi connectivity index (χ0) is 32.6. The van der Waals surface area contributed by atoms with Gasteiger partial charge in [-0.25, -0.2) is 8.42 Å². The third-order valence-electron chi connectivity index (χ3n) is 6.79. The van der Waals surface area contributed by atoms with Gasteiger partial charge in [-0.2, -0.15) is 0 Å². The zero-order valence-electron chi connectivity index (χ0n) is 25.8. The van der Waals surface area contributed by atoms with Crippen LogP contribution in [0, 0.1) is 0 Å². The monoisotopic (exact) mass is 691 g/mol. The first-order valence-corrected chi connectivity index (χ1v) is 17.1. The highest BCUT2D eigenvalue weighted by Crippen LogP contribution is 2.26. The molecule has 4 rings (SSSR count). The van der Waals surface area contributed by atoms with Crippen molar-refractivity contribution in [3.8, 4) is 11.5 Å². The number of nitrogens with one attached hydrogen (secondary N) is 1. The number of carbonyl (C=O) groups excluding carboxylic acids is 2. The summed E-state index contributed by atoms with van der Waals surface area (Å²) in [6.45, 7) is 5.22. The Labute approximate surface area is 274 Å². The van der Waals surface area contributed by atoms with E-state index in [9.17, 15) is 18.0 Å². The molecule has 0 radical (unpaired) electrons. The molecule has 0 heterocycles. The third-order valence-corrected chi connectivity index (χ3v) is 8.43. The highest BCUT2D eigenvalue weighted by molar-refractivity contribution is 9.10. The maximum absolute atomic E-state index is 14.3. The number of carbonyl (C=O) groups is 2. The zero-order valence-corrected chi connectivity index (χ0v) is 28.2. The molecule has 0 aliphatic heterocycles. The molecule has 0 aliphatic carbocycles. The first kappa shape index (κ1) is 33.7. The molecule has 0 aromatic heterocycles. The molecule has 236 valence electrons. The van der Waals surface area contributed by atoms with Crippen molar-refractivity contribution in [3.05, 3.63) is 125 Å². The van der Waals surface area contributed by atoms with E-state index in [0.29, 0.717) is 17.2 Å². The molecule has 0 spiro atoms. The standard InChI is InChI=1S/C35H38BrN3O5S/c1-35(2,3)37-34(41)32(23-26-12-7-5-8-13-26)38(24-27-14-11-15-28(36)22-27)33(40)25-39(45(4,42)43)29-18-20-31(21-19-29)44-30-16-9-6-10-17-30/h5-22,32H,23-25H2,1-4H3,(H,37,41). The van der Waals surface area contributed by atoms with Crippen LogP contribution in [-0.4, -0.2) is 49.5 Å². The maximum atomic E-state index is 14.3. The minimum Gasteiger partial charge on any atom is -0.457 e. The van der Waals surface area contributed by atoms with E-state index in [-0.39, 0.29) is 18.9 Å². The van der Waals surface area contributed by atoms with Crippen LogP contribution in [0.1, 0.15) is 31.9 Å². The molecule has 1 unspecified atom stereocenters. The minimum absolute atomic E-state index is 0.0921. The van der Waals surface area contributed by atoms with Gasteiger partial charge in [0, 0.05) is 23.0 Å². The van der Waals surface area contributed by atoms with Crippen molar-refractivity contribution in [2.45, 2.75) is 45.3 Å². The predicted octanol–water partition coefficient (Wildman–Crippen LogP) is 6.56. The first-order valence-electron chi connectivity index (χ1n) is 14.5. The maximum Gasteiger partial charge on any atom is 0.244 e. The van der Waals surface area contributed by atoms with Crippen LogP contribution < -0.4 is 14.4 Å². The SMILES string of the molecule is CC(C)(C)NC(=O)C(Cc1ccccc1)N(Cc1cccc(Br)c1)C(=O)CN(c1ccc(Oc2ccccc2)cc1)S(C)(=O)=O. The Morgan fingerprint density at radius 1 is 0.822 bits per heavy atom. The van der Waals surface area contributed by atoms with Crippen LogP contribution in [0.25, 0.3) is 0 Å². The van der Waals surface area contributed by atoms with Crippen LogP contribution in [0.5, 0.6) is 11.5 Å². The summed E-state index contributed by atoms with van der Waals surface area (Å²) < 4.78 is 33.9. The van der Waals surface area contributed by atoms with Gasteiger partial charge in [0.1, 0.15) is 24.1 Å². The minimum atomic E-state index is -3.89. The molecule has 1 atom stereocenters. The van der Waals surface area contributed by atoms with Gasteiger partial charge in [-0.3, -0.25) is 13.9 Å². The average Bonchev–Trinajstić information content (AvgIpc) is 2.98. The number of anilines is 1. The van der Waals surface area contributed by atoms with Gasteiger partial charge in [0.25, 0.3) is 0 Å². The predicted molar refractivity (Wildman–Crippen MR) is 182 cm³/mol. The van der Waals surface area contributed by atoms with Gasteiger partial charge < -0.3 is 15.0 Å². The Bertz CT molecular complexity index is 1690. The molecule has 0 aliphatic rings. The number of rotatable bonds is 12. The smallest absolute Gasteiger partial charge is 0.244 e. The third kappa shape index (κ3) is 10.2. The van der Waals surface area contributed by atoms with E-state index in [1.54, 1.807) is 24.3 Å². The molecular weight excluding hydrogens is 654 g/mol. The van der Waals surface area contributed by atoms with Crippen molar-refractivity contribution in [2.75, 3.05) is 17.1 Å². The van der Waals surface area contributed by atoms with Crippen molar-refractivity contribution >= 4 is 43.5 Å². The van der Waals surface area contributed by atoms with Crippen LogP contribution in [0.2, 0.25) is 0 Å². The van der Waals surface area contributed by atoms with E-state index in [0.717, 1.165) is 26.2 Å². The van der Waals surface area contributed by atoms with Gasteiger partial charge in [0.2, 0.25) is 21.8 Å². The quantitative estimate of drug-likeness (QED) is 0.182. The summed E-state index contributed by atoms with van der Waals surface area (Å²) in [5, 5.41) is 3.03. The summed E-state index contributed by atoms with van der Waals surface area (Å²) in [5.41, 5.74) is 1.39. The number of halogens is 1. The van der Waals surface area contributed by atoms with Crippen LogP contribution in [0.4, 0.5) is 5.69 Å². The van der Waals surface area contributed by atoms with Crippen LogP contribution >= 0.6 is 15.9 Å². The van der Waals surface area contributed by atoms with Gasteiger partial charge in [-0.05, 0) is 80.4 Å². The molecule has 0 saturated carbocycles. The largest absolute Gasteiger partial charge is 0.457 e. The summed E-state index contributed by atoms with van der Waals surface area (Å²) >= 11 is 3.49. The lowest BCUT2D eigenvalue weighted by atomic mass is 10.0. The lowest BCUT2D eigenvalue weighted by Gasteiger charge is -2.35. The van der Waals surface area contributed by atoms with Crippen molar-refractivity contribution in [2.24, 2.45) is 0 Å². The highest BCUT2D eigenvalue weighted by atomic mass is 79.9. The molecule has 0 bridgehead atoms. The van der Waals surface area contributed by atoms with Crippen LogP contribution in [0.3, 0.4) is 0 Å². The molecular formula is C35H38BrN3O5S. The van der Waals surface area contributed by atoms with Crippen LogP contribution in [-0.2, 0) is 32.6 Å². The van der Waals surface area contributed by atoms with Crippen molar-refractivity contribution in [1.29, 1.82) is 0 Å². The van der Waals surface area contributed by atoms with Gasteiger partial charge >= 0.3 is 0 Å². The molecule has 1 N–H and O–H groups in total. The summed E-state index contributed by atoms with van der Waals surface area (Å²) in [7, 11) is -3.89. The van der Waals surface area contributed by atoms with E-state index in [1.165, 1.54) is 4.90 Å². The van der Waals surface area contributed by atoms with E-state index in [1.807, 2.05) is 106 Å². The lowest BCUT2D eigenvalue weighted by molar-refractivity contribution is -0.140. The average molecular weight is 693 g/mol. The Kier molecular flexibility index (Phi) is 11.1. The number of para-hydroxylation sites is 1. The van der Waals surface area contributed by atoms with E-state index < -0.39 is 34.1 Å². The summed E-state index contributed by atoms with van der Waals surface area (Å²) in [5.74, 6) is 0.308. The van der Waals surface area contributed by atoms with Gasteiger partial charge in [-0.1, -0.05) is 76.6 Å². The van der Waals surface area contributed by atoms with Gasteiger partial charge in [0.15, 0.2) is 0 Å². The first-order chi connectivity index (χ1) is 21.3. The second kappa shape index (κ2) is 14.8. The number of hydrogen-bond acceptors (Lipinski definition) is 5. The van der Waals surface area contributed by atoms with Crippen LogP contribution in [0.15, 0.2) is 114 Å². The molecule has 10 heteroatoms. The normalized spacial score (nSPS) is 12.2. The van der Waals surface area contributed by atoms with Crippen molar-refractivity contribution in [3.63, 3.8) is 0 Å². The molecule has 4 aromatic carbocycles.